The van der Waals surface area contributed by atoms with Crippen LogP contribution in [0.3, 0.4) is 0 Å². The molecule has 1 atom stereocenters. The van der Waals surface area contributed by atoms with Gasteiger partial charge >= 0.3 is 0 Å². The Bertz CT molecular complexity index is 408. The summed E-state index contributed by atoms with van der Waals surface area (Å²) in [6.45, 7) is 13.3. The lowest BCUT2D eigenvalue weighted by Gasteiger charge is -2.28. The summed E-state index contributed by atoms with van der Waals surface area (Å²) >= 11 is 1.73. The number of aliphatic imine (C=N–C) groups is 1. The summed E-state index contributed by atoms with van der Waals surface area (Å²) in [4.78, 5) is 6.94. The highest BCUT2D eigenvalue weighted by atomic mass is 127. The van der Waals surface area contributed by atoms with E-state index in [0.29, 0.717) is 18.5 Å². The van der Waals surface area contributed by atoms with Crippen LogP contribution in [0.25, 0.3) is 0 Å². The monoisotopic (exact) mass is 424 g/mol. The fourth-order valence-corrected chi connectivity index (χ4v) is 2.88. The molecule has 0 saturated carbocycles. The van der Waals surface area contributed by atoms with Crippen LogP contribution in [0.15, 0.2) is 21.8 Å². The first-order valence-electron chi connectivity index (χ1n) is 7.21. The first-order valence-corrected chi connectivity index (χ1v) is 8.16. The number of nitrogens with zero attached hydrogens (tertiary/aromatic N) is 2. The number of nitrogens with one attached hydrogen (secondary N) is 1. The zero-order chi connectivity index (χ0) is 15.2. The lowest BCUT2D eigenvalue weighted by atomic mass is 10.1. The molecule has 21 heavy (non-hydrogen) atoms. The van der Waals surface area contributed by atoms with Crippen molar-refractivity contribution in [3.05, 3.63) is 22.4 Å². The molecule has 1 rings (SSSR count). The minimum absolute atomic E-state index is 0. The van der Waals surface area contributed by atoms with Crippen molar-refractivity contribution in [2.24, 2.45) is 10.7 Å². The molecule has 0 radical (unpaired) electrons. The molecule has 1 unspecified atom stereocenters. The van der Waals surface area contributed by atoms with E-state index < -0.39 is 0 Å². The van der Waals surface area contributed by atoms with Gasteiger partial charge in [0.05, 0.1) is 12.6 Å². The lowest BCUT2D eigenvalue weighted by molar-refractivity contribution is 0.224. The van der Waals surface area contributed by atoms with E-state index in [1.807, 2.05) is 0 Å². The predicted octanol–water partition coefficient (Wildman–Crippen LogP) is 3.45. The van der Waals surface area contributed by atoms with E-state index in [9.17, 15) is 0 Å². The topological polar surface area (TPSA) is 53.6 Å². The van der Waals surface area contributed by atoms with E-state index in [-0.39, 0.29) is 29.5 Å². The number of hydrogen-bond donors (Lipinski definition) is 2. The van der Waals surface area contributed by atoms with E-state index in [1.165, 1.54) is 5.56 Å². The van der Waals surface area contributed by atoms with Crippen LogP contribution in [-0.2, 0) is 0 Å². The van der Waals surface area contributed by atoms with E-state index in [4.69, 9.17) is 5.73 Å². The quantitative estimate of drug-likeness (QED) is 0.418. The molecule has 0 aromatic carbocycles. The van der Waals surface area contributed by atoms with Gasteiger partial charge in [-0.25, -0.2) is 0 Å². The Kier molecular flexibility index (Phi) is 9.48. The molecule has 0 amide bonds. The molecule has 0 aliphatic heterocycles. The van der Waals surface area contributed by atoms with Crippen molar-refractivity contribution in [2.75, 3.05) is 19.6 Å². The van der Waals surface area contributed by atoms with Crippen molar-refractivity contribution >= 4 is 41.3 Å². The third kappa shape index (κ3) is 7.46. The fraction of sp³-hybridized carbons (Fsp3) is 0.667. The summed E-state index contributed by atoms with van der Waals surface area (Å²) in [5.74, 6) is 0.518. The van der Waals surface area contributed by atoms with Crippen molar-refractivity contribution in [1.82, 2.24) is 10.2 Å². The molecule has 0 bridgehead atoms. The summed E-state index contributed by atoms with van der Waals surface area (Å²) in [5, 5.41) is 7.52. The molecule has 1 aromatic heterocycles. The third-order valence-electron chi connectivity index (χ3n) is 3.12. The van der Waals surface area contributed by atoms with Gasteiger partial charge in [0.1, 0.15) is 0 Å². The Labute approximate surface area is 150 Å². The average Bonchev–Trinajstić information content (AvgIpc) is 2.85. The molecule has 0 aliphatic carbocycles. The highest BCUT2D eigenvalue weighted by Crippen LogP contribution is 2.23. The predicted molar refractivity (Wildman–Crippen MR) is 105 cm³/mol. The summed E-state index contributed by atoms with van der Waals surface area (Å²) in [6, 6.07) is 2.48. The van der Waals surface area contributed by atoms with Gasteiger partial charge < -0.3 is 11.1 Å². The van der Waals surface area contributed by atoms with Gasteiger partial charge in [-0.1, -0.05) is 13.8 Å². The van der Waals surface area contributed by atoms with Gasteiger partial charge in [0.15, 0.2) is 5.96 Å². The van der Waals surface area contributed by atoms with Crippen molar-refractivity contribution in [3.8, 4) is 0 Å². The van der Waals surface area contributed by atoms with Crippen LogP contribution < -0.4 is 11.1 Å². The molecule has 1 aromatic rings. The number of thiophene rings is 1. The Morgan fingerprint density at radius 3 is 2.43 bits per heavy atom. The first-order chi connectivity index (χ1) is 9.37. The number of rotatable bonds is 6. The molecule has 122 valence electrons. The normalized spacial score (nSPS) is 13.9. The molecule has 3 N–H and O–H groups in total. The zero-order valence-corrected chi connectivity index (χ0v) is 16.9. The largest absolute Gasteiger partial charge is 0.370 e. The van der Waals surface area contributed by atoms with Crippen molar-refractivity contribution < 1.29 is 0 Å². The van der Waals surface area contributed by atoms with Gasteiger partial charge in [0, 0.05) is 5.54 Å². The maximum Gasteiger partial charge on any atom is 0.189 e. The van der Waals surface area contributed by atoms with Gasteiger partial charge in [-0.05, 0) is 56.3 Å². The number of nitrogens with two attached hydrogens (primary N) is 1. The van der Waals surface area contributed by atoms with Gasteiger partial charge in [-0.2, -0.15) is 11.3 Å². The van der Waals surface area contributed by atoms with Crippen molar-refractivity contribution in [1.29, 1.82) is 0 Å². The van der Waals surface area contributed by atoms with Gasteiger partial charge in [0.2, 0.25) is 0 Å². The molecule has 0 saturated heterocycles. The number of guanidine groups is 1. The van der Waals surface area contributed by atoms with E-state index in [2.05, 4.69) is 66.7 Å². The average molecular weight is 424 g/mol. The SMILES string of the molecule is CCN(CC)C(CN=C(N)NC(C)(C)C)c1ccsc1.I. The first kappa shape index (κ1) is 20.7. The molecular weight excluding hydrogens is 395 g/mol. The Morgan fingerprint density at radius 2 is 2.00 bits per heavy atom. The Morgan fingerprint density at radius 1 is 1.38 bits per heavy atom. The number of hydrogen-bond acceptors (Lipinski definition) is 3. The molecule has 0 aliphatic rings. The Balaban J connectivity index is 0.00000400. The molecule has 1 heterocycles. The Hall–Kier alpha value is -0.340. The molecule has 0 spiro atoms. The van der Waals surface area contributed by atoms with Crippen LogP contribution >= 0.6 is 35.3 Å². The standard InChI is InChI=1S/C15H28N4S.HI/c1-6-19(7-2)13(12-8-9-20-11-12)10-17-14(16)18-15(3,4)5;/h8-9,11,13H,6-7,10H2,1-5H3,(H3,16,17,18);1H. The second-order valence-electron chi connectivity index (χ2n) is 5.89. The van der Waals surface area contributed by atoms with Crippen molar-refractivity contribution in [2.45, 2.75) is 46.2 Å². The third-order valence-corrected chi connectivity index (χ3v) is 3.82. The van der Waals surface area contributed by atoms with E-state index in [1.54, 1.807) is 11.3 Å². The van der Waals surface area contributed by atoms with E-state index in [0.717, 1.165) is 13.1 Å². The number of halogens is 1. The van der Waals surface area contributed by atoms with Crippen LogP contribution in [-0.4, -0.2) is 36.0 Å². The smallest absolute Gasteiger partial charge is 0.189 e. The summed E-state index contributed by atoms with van der Waals surface area (Å²) in [5.41, 5.74) is 7.24. The van der Waals surface area contributed by atoms with Crippen LogP contribution in [0.2, 0.25) is 0 Å². The lowest BCUT2D eigenvalue weighted by Crippen LogP contribution is -2.45. The summed E-state index contributed by atoms with van der Waals surface area (Å²) < 4.78 is 0. The summed E-state index contributed by atoms with van der Waals surface area (Å²) in [6.07, 6.45) is 0. The fourth-order valence-electron chi connectivity index (χ4n) is 2.17. The minimum Gasteiger partial charge on any atom is -0.370 e. The molecule has 0 fully saturated rings. The van der Waals surface area contributed by atoms with Crippen LogP contribution in [0.4, 0.5) is 0 Å². The van der Waals surface area contributed by atoms with Crippen molar-refractivity contribution in [3.63, 3.8) is 0 Å². The van der Waals surface area contributed by atoms with Crippen LogP contribution in [0, 0.1) is 0 Å². The van der Waals surface area contributed by atoms with E-state index >= 15 is 0 Å². The summed E-state index contributed by atoms with van der Waals surface area (Å²) in [7, 11) is 0. The maximum absolute atomic E-state index is 5.97. The van der Waals surface area contributed by atoms with Crippen LogP contribution in [0.1, 0.15) is 46.2 Å². The second-order valence-corrected chi connectivity index (χ2v) is 6.67. The van der Waals surface area contributed by atoms with Crippen LogP contribution in [0.5, 0.6) is 0 Å². The van der Waals surface area contributed by atoms with Gasteiger partial charge in [0.25, 0.3) is 0 Å². The maximum atomic E-state index is 5.97. The molecule has 4 nitrogen and oxygen atoms in total. The van der Waals surface area contributed by atoms with Gasteiger partial charge in [-0.15, -0.1) is 24.0 Å². The highest BCUT2D eigenvalue weighted by Gasteiger charge is 2.18. The highest BCUT2D eigenvalue weighted by molar-refractivity contribution is 14.0. The molecule has 6 heteroatoms. The molecular formula is C15H29IN4S. The minimum atomic E-state index is -0.0549. The van der Waals surface area contributed by atoms with Gasteiger partial charge in [-0.3, -0.25) is 9.89 Å². The zero-order valence-electron chi connectivity index (χ0n) is 13.7. The number of likely N-dealkylation sites (N-methyl/N-ethyl adjacent to an activating group) is 1. The second kappa shape index (κ2) is 9.63.